The Labute approximate surface area is 109 Å². The van der Waals surface area contributed by atoms with Crippen molar-refractivity contribution in [3.8, 4) is 5.75 Å². The number of rotatable bonds is 5. The van der Waals surface area contributed by atoms with E-state index in [2.05, 4.69) is 18.3 Å². The molecular formula is C15H23NO2. The van der Waals surface area contributed by atoms with Crippen LogP contribution in [0.25, 0.3) is 0 Å². The summed E-state index contributed by atoms with van der Waals surface area (Å²) >= 11 is 0. The summed E-state index contributed by atoms with van der Waals surface area (Å²) in [5, 5.41) is 12.8. The van der Waals surface area contributed by atoms with Crippen LogP contribution in [-0.2, 0) is 6.42 Å². The van der Waals surface area contributed by atoms with Gasteiger partial charge in [-0.3, -0.25) is 0 Å². The molecule has 2 rings (SSSR count). The van der Waals surface area contributed by atoms with Gasteiger partial charge in [-0.05, 0) is 49.9 Å². The van der Waals surface area contributed by atoms with Gasteiger partial charge in [-0.15, -0.1) is 0 Å². The molecule has 3 nitrogen and oxygen atoms in total. The molecule has 1 aromatic carbocycles. The summed E-state index contributed by atoms with van der Waals surface area (Å²) in [7, 11) is 0. The van der Waals surface area contributed by atoms with E-state index in [1.54, 1.807) is 6.92 Å². The highest BCUT2D eigenvalue weighted by molar-refractivity contribution is 5.43. The summed E-state index contributed by atoms with van der Waals surface area (Å²) < 4.78 is 5.71. The Kier molecular flexibility index (Phi) is 4.61. The molecule has 1 aliphatic carbocycles. The summed E-state index contributed by atoms with van der Waals surface area (Å²) in [5.41, 5.74) is 2.68. The SMILES string of the molecule is CCNC1CCCc2c(OCC(C)O)cccc21. The lowest BCUT2D eigenvalue weighted by Gasteiger charge is -2.27. The normalized spacial score (nSPS) is 20.3. The van der Waals surface area contributed by atoms with Gasteiger partial charge in [0.25, 0.3) is 0 Å². The van der Waals surface area contributed by atoms with Crippen molar-refractivity contribution in [1.82, 2.24) is 5.32 Å². The van der Waals surface area contributed by atoms with Crippen LogP contribution in [0.2, 0.25) is 0 Å². The first-order chi connectivity index (χ1) is 8.72. The Morgan fingerprint density at radius 3 is 3.06 bits per heavy atom. The number of aliphatic hydroxyl groups excluding tert-OH is 1. The van der Waals surface area contributed by atoms with Crippen LogP contribution in [0.15, 0.2) is 18.2 Å². The van der Waals surface area contributed by atoms with E-state index in [1.165, 1.54) is 24.0 Å². The maximum atomic E-state index is 9.32. The van der Waals surface area contributed by atoms with Crippen LogP contribution in [0.5, 0.6) is 5.75 Å². The highest BCUT2D eigenvalue weighted by Crippen LogP contribution is 2.35. The van der Waals surface area contributed by atoms with Crippen LogP contribution in [0.1, 0.15) is 43.9 Å². The monoisotopic (exact) mass is 249 g/mol. The third-order valence-corrected chi connectivity index (χ3v) is 3.39. The first-order valence-electron chi connectivity index (χ1n) is 6.88. The molecule has 1 aromatic rings. The van der Waals surface area contributed by atoms with Gasteiger partial charge in [-0.2, -0.15) is 0 Å². The van der Waals surface area contributed by atoms with E-state index in [0.29, 0.717) is 12.6 Å². The molecule has 0 saturated carbocycles. The third-order valence-electron chi connectivity index (χ3n) is 3.39. The largest absolute Gasteiger partial charge is 0.491 e. The van der Waals surface area contributed by atoms with E-state index in [9.17, 15) is 5.11 Å². The number of nitrogens with one attached hydrogen (secondary N) is 1. The van der Waals surface area contributed by atoms with Crippen molar-refractivity contribution >= 4 is 0 Å². The quantitative estimate of drug-likeness (QED) is 0.842. The molecule has 3 heteroatoms. The molecule has 0 heterocycles. The summed E-state index contributed by atoms with van der Waals surface area (Å²) in [6, 6.07) is 6.70. The zero-order chi connectivity index (χ0) is 13.0. The van der Waals surface area contributed by atoms with Crippen molar-refractivity contribution in [3.63, 3.8) is 0 Å². The number of hydrogen-bond donors (Lipinski definition) is 2. The van der Waals surface area contributed by atoms with Crippen LogP contribution >= 0.6 is 0 Å². The van der Waals surface area contributed by atoms with E-state index in [4.69, 9.17) is 4.74 Å². The predicted octanol–water partition coefficient (Wildman–Crippen LogP) is 2.43. The average molecular weight is 249 g/mol. The minimum absolute atomic E-state index is 0.363. The highest BCUT2D eigenvalue weighted by Gasteiger charge is 2.22. The van der Waals surface area contributed by atoms with Crippen molar-refractivity contribution in [1.29, 1.82) is 0 Å². The van der Waals surface area contributed by atoms with Gasteiger partial charge in [-0.1, -0.05) is 19.1 Å². The average Bonchev–Trinajstić information content (AvgIpc) is 2.37. The van der Waals surface area contributed by atoms with Crippen LogP contribution in [0, 0.1) is 0 Å². The topological polar surface area (TPSA) is 41.5 Å². The predicted molar refractivity (Wildman–Crippen MR) is 73.0 cm³/mol. The Morgan fingerprint density at radius 1 is 1.50 bits per heavy atom. The van der Waals surface area contributed by atoms with Gasteiger partial charge in [0.15, 0.2) is 0 Å². The maximum absolute atomic E-state index is 9.32. The zero-order valence-electron chi connectivity index (χ0n) is 11.3. The summed E-state index contributed by atoms with van der Waals surface area (Å²) in [4.78, 5) is 0. The standard InChI is InChI=1S/C15H23NO2/c1-3-16-14-8-4-7-13-12(14)6-5-9-15(13)18-10-11(2)17/h5-6,9,11,14,16-17H,3-4,7-8,10H2,1-2H3. The molecule has 2 N–H and O–H groups in total. The van der Waals surface area contributed by atoms with Crippen molar-refractivity contribution in [2.24, 2.45) is 0 Å². The zero-order valence-corrected chi connectivity index (χ0v) is 11.3. The number of hydrogen-bond acceptors (Lipinski definition) is 3. The van der Waals surface area contributed by atoms with E-state index in [-0.39, 0.29) is 0 Å². The Hall–Kier alpha value is -1.06. The highest BCUT2D eigenvalue weighted by atomic mass is 16.5. The van der Waals surface area contributed by atoms with Gasteiger partial charge in [0, 0.05) is 6.04 Å². The fourth-order valence-electron chi connectivity index (χ4n) is 2.62. The molecule has 0 aliphatic heterocycles. The van der Waals surface area contributed by atoms with E-state index >= 15 is 0 Å². The lowest BCUT2D eigenvalue weighted by Crippen LogP contribution is -2.25. The maximum Gasteiger partial charge on any atom is 0.122 e. The Morgan fingerprint density at radius 2 is 2.33 bits per heavy atom. The molecule has 2 unspecified atom stereocenters. The third kappa shape index (κ3) is 3.03. The second-order valence-corrected chi connectivity index (χ2v) is 4.99. The lowest BCUT2D eigenvalue weighted by atomic mass is 9.87. The molecule has 18 heavy (non-hydrogen) atoms. The smallest absolute Gasteiger partial charge is 0.122 e. The number of fused-ring (bicyclic) bond motifs is 1. The molecule has 0 spiro atoms. The van der Waals surface area contributed by atoms with Crippen molar-refractivity contribution < 1.29 is 9.84 Å². The molecule has 100 valence electrons. The molecule has 2 atom stereocenters. The van der Waals surface area contributed by atoms with Crippen LogP contribution in [0.3, 0.4) is 0 Å². The van der Waals surface area contributed by atoms with Gasteiger partial charge >= 0.3 is 0 Å². The van der Waals surface area contributed by atoms with Gasteiger partial charge in [0.1, 0.15) is 12.4 Å². The van der Waals surface area contributed by atoms with Gasteiger partial charge in [0.05, 0.1) is 6.10 Å². The lowest BCUT2D eigenvalue weighted by molar-refractivity contribution is 0.122. The molecule has 0 aromatic heterocycles. The van der Waals surface area contributed by atoms with E-state index in [0.717, 1.165) is 18.7 Å². The Balaban J connectivity index is 2.20. The summed E-state index contributed by atoms with van der Waals surface area (Å²) in [6.07, 6.45) is 3.04. The Bertz CT molecular complexity index is 390. The first-order valence-corrected chi connectivity index (χ1v) is 6.88. The minimum atomic E-state index is -0.422. The second kappa shape index (κ2) is 6.21. The number of ether oxygens (including phenoxy) is 1. The van der Waals surface area contributed by atoms with E-state index < -0.39 is 6.10 Å². The minimum Gasteiger partial charge on any atom is -0.491 e. The van der Waals surface area contributed by atoms with Gasteiger partial charge in [-0.25, -0.2) is 0 Å². The fraction of sp³-hybridized carbons (Fsp3) is 0.600. The number of benzene rings is 1. The van der Waals surface area contributed by atoms with Crippen LogP contribution in [-0.4, -0.2) is 24.4 Å². The molecule has 0 saturated heterocycles. The van der Waals surface area contributed by atoms with Crippen LogP contribution in [0.4, 0.5) is 0 Å². The fourth-order valence-corrected chi connectivity index (χ4v) is 2.62. The molecule has 0 bridgehead atoms. The van der Waals surface area contributed by atoms with E-state index in [1.807, 2.05) is 12.1 Å². The van der Waals surface area contributed by atoms with Crippen molar-refractivity contribution in [2.45, 2.75) is 45.3 Å². The van der Waals surface area contributed by atoms with Crippen molar-refractivity contribution in [3.05, 3.63) is 29.3 Å². The van der Waals surface area contributed by atoms with Gasteiger partial charge in [0.2, 0.25) is 0 Å². The molecule has 0 amide bonds. The molecular weight excluding hydrogens is 226 g/mol. The molecule has 1 aliphatic rings. The number of aliphatic hydroxyl groups is 1. The molecule has 0 fully saturated rings. The van der Waals surface area contributed by atoms with Crippen molar-refractivity contribution in [2.75, 3.05) is 13.2 Å². The molecule has 0 radical (unpaired) electrons. The van der Waals surface area contributed by atoms with Gasteiger partial charge < -0.3 is 15.2 Å². The summed E-state index contributed by atoms with van der Waals surface area (Å²) in [6.45, 7) is 5.24. The summed E-state index contributed by atoms with van der Waals surface area (Å²) in [5.74, 6) is 0.941. The second-order valence-electron chi connectivity index (χ2n) is 4.99. The first kappa shape index (κ1) is 13.4. The van der Waals surface area contributed by atoms with Crippen LogP contribution < -0.4 is 10.1 Å².